The van der Waals surface area contributed by atoms with Gasteiger partial charge in [-0.3, -0.25) is 9.59 Å². The summed E-state index contributed by atoms with van der Waals surface area (Å²) in [6.07, 6.45) is 0. The fourth-order valence-electron chi connectivity index (χ4n) is 3.44. The highest BCUT2D eigenvalue weighted by Gasteiger charge is 2.25. The third kappa shape index (κ3) is 5.14. The average molecular weight is 405 g/mol. The summed E-state index contributed by atoms with van der Waals surface area (Å²) >= 11 is 6.23. The lowest BCUT2D eigenvalue weighted by molar-refractivity contribution is -0.896. The second-order valence-electron chi connectivity index (χ2n) is 7.41. The van der Waals surface area contributed by atoms with E-state index in [4.69, 9.17) is 16.3 Å². The van der Waals surface area contributed by atoms with Crippen molar-refractivity contribution in [2.75, 3.05) is 39.3 Å². The lowest BCUT2D eigenvalue weighted by Crippen LogP contribution is -3.16. The molecule has 0 aromatic heterocycles. The van der Waals surface area contributed by atoms with E-state index in [-0.39, 0.29) is 24.5 Å². The highest BCUT2D eigenvalue weighted by Crippen LogP contribution is 2.31. The van der Waals surface area contributed by atoms with Gasteiger partial charge in [-0.05, 0) is 26.0 Å². The highest BCUT2D eigenvalue weighted by molar-refractivity contribution is 6.35. The lowest BCUT2D eigenvalue weighted by atomic mass is 10.1. The second kappa shape index (κ2) is 9.26. The van der Waals surface area contributed by atoms with Crippen molar-refractivity contribution in [2.24, 2.45) is 0 Å². The molecule has 6 nitrogen and oxygen atoms in total. The molecule has 3 rings (SSSR count). The minimum atomic E-state index is -0.0373. The van der Waals surface area contributed by atoms with Crippen LogP contribution in [0.2, 0.25) is 5.02 Å². The molecule has 0 spiro atoms. The van der Waals surface area contributed by atoms with Gasteiger partial charge in [0.2, 0.25) is 0 Å². The molecular weight excluding hydrogens is 378 g/mol. The first-order valence-electron chi connectivity index (χ1n) is 9.65. The Morgan fingerprint density at radius 3 is 2.50 bits per heavy atom. The minimum absolute atomic E-state index is 0.00516. The number of carbonyl (C=O) groups is 2. The first-order chi connectivity index (χ1) is 13.4. The van der Waals surface area contributed by atoms with Crippen LogP contribution in [-0.4, -0.2) is 62.1 Å². The molecule has 2 N–H and O–H groups in total. The van der Waals surface area contributed by atoms with Gasteiger partial charge in [0, 0.05) is 21.8 Å². The van der Waals surface area contributed by atoms with Gasteiger partial charge in [-0.25, -0.2) is 0 Å². The quantitative estimate of drug-likeness (QED) is 0.758. The molecule has 0 saturated carbocycles. The Morgan fingerprint density at radius 1 is 1.14 bits per heavy atom. The first-order valence-corrected chi connectivity index (χ1v) is 10.0. The van der Waals surface area contributed by atoms with Crippen LogP contribution in [0, 0.1) is 0 Å². The van der Waals surface area contributed by atoms with Crippen LogP contribution in [0.4, 0.5) is 0 Å². The zero-order chi connectivity index (χ0) is 20.1. The number of amides is 2. The van der Waals surface area contributed by atoms with Crippen molar-refractivity contribution in [1.29, 1.82) is 0 Å². The summed E-state index contributed by atoms with van der Waals surface area (Å²) in [6, 6.07) is 11.4. The number of rotatable bonds is 6. The van der Waals surface area contributed by atoms with E-state index in [1.807, 2.05) is 43.0 Å². The SMILES string of the molecule is CC(C)NC(=O)C[NH+]1CCN(C(=O)COc2ccc(Cl)c3ccccc23)CC1. The van der Waals surface area contributed by atoms with Gasteiger partial charge < -0.3 is 19.9 Å². The van der Waals surface area contributed by atoms with E-state index < -0.39 is 0 Å². The van der Waals surface area contributed by atoms with Crippen molar-refractivity contribution in [3.63, 3.8) is 0 Å². The van der Waals surface area contributed by atoms with Crippen LogP contribution in [0.5, 0.6) is 5.75 Å². The molecule has 150 valence electrons. The molecule has 1 aliphatic heterocycles. The van der Waals surface area contributed by atoms with Crippen LogP contribution in [-0.2, 0) is 9.59 Å². The largest absolute Gasteiger partial charge is 0.483 e. The summed E-state index contributed by atoms with van der Waals surface area (Å²) in [4.78, 5) is 27.4. The van der Waals surface area contributed by atoms with Crippen molar-refractivity contribution in [1.82, 2.24) is 10.2 Å². The number of hydrogen-bond donors (Lipinski definition) is 2. The summed E-state index contributed by atoms with van der Waals surface area (Å²) in [5.74, 6) is 0.676. The van der Waals surface area contributed by atoms with E-state index in [2.05, 4.69) is 5.32 Å². The molecule has 2 aromatic carbocycles. The van der Waals surface area contributed by atoms with Crippen LogP contribution in [0.1, 0.15) is 13.8 Å². The molecule has 0 atom stereocenters. The van der Waals surface area contributed by atoms with Crippen molar-refractivity contribution < 1.29 is 19.2 Å². The van der Waals surface area contributed by atoms with E-state index in [0.717, 1.165) is 23.9 Å². The number of piperazine rings is 1. The Hall–Kier alpha value is -2.31. The number of benzene rings is 2. The summed E-state index contributed by atoms with van der Waals surface area (Å²) < 4.78 is 5.80. The van der Waals surface area contributed by atoms with Gasteiger partial charge in [0.25, 0.3) is 11.8 Å². The molecular formula is C21H27ClN3O3+. The van der Waals surface area contributed by atoms with Crippen LogP contribution in [0.25, 0.3) is 10.8 Å². The summed E-state index contributed by atoms with van der Waals surface area (Å²) in [6.45, 7) is 7.15. The van der Waals surface area contributed by atoms with Crippen molar-refractivity contribution in [3.05, 3.63) is 41.4 Å². The first kappa shape index (κ1) is 20.4. The number of nitrogens with zero attached hydrogens (tertiary/aromatic N) is 1. The predicted molar refractivity (Wildman–Crippen MR) is 110 cm³/mol. The normalized spacial score (nSPS) is 15.1. The van der Waals surface area contributed by atoms with Gasteiger partial charge in [-0.2, -0.15) is 0 Å². The smallest absolute Gasteiger partial charge is 0.275 e. The number of carbonyl (C=O) groups excluding carboxylic acids is 2. The minimum Gasteiger partial charge on any atom is -0.483 e. The number of ether oxygens (including phenoxy) is 1. The van der Waals surface area contributed by atoms with Crippen LogP contribution >= 0.6 is 11.6 Å². The maximum Gasteiger partial charge on any atom is 0.275 e. The third-order valence-electron chi connectivity index (χ3n) is 4.87. The number of fused-ring (bicyclic) bond motifs is 1. The molecule has 2 amide bonds. The molecule has 7 heteroatoms. The standard InChI is InChI=1S/C21H26ClN3O3/c1-15(2)23-20(26)13-24-9-11-25(12-10-24)21(27)14-28-19-8-7-18(22)16-5-3-4-6-17(16)19/h3-8,15H,9-14H2,1-2H3,(H,23,26)/p+1. The van der Waals surface area contributed by atoms with Crippen molar-refractivity contribution in [3.8, 4) is 5.75 Å². The summed E-state index contributed by atoms with van der Waals surface area (Å²) in [7, 11) is 0. The summed E-state index contributed by atoms with van der Waals surface area (Å²) in [5.41, 5.74) is 0. The molecule has 0 bridgehead atoms. The fraction of sp³-hybridized carbons (Fsp3) is 0.429. The van der Waals surface area contributed by atoms with Crippen LogP contribution in [0.15, 0.2) is 36.4 Å². The molecule has 1 saturated heterocycles. The Labute approximate surface area is 170 Å². The molecule has 1 fully saturated rings. The number of hydrogen-bond acceptors (Lipinski definition) is 3. The molecule has 2 aromatic rings. The molecule has 0 aliphatic carbocycles. The zero-order valence-corrected chi connectivity index (χ0v) is 17.1. The van der Waals surface area contributed by atoms with Gasteiger partial charge >= 0.3 is 0 Å². The van der Waals surface area contributed by atoms with Crippen LogP contribution < -0.4 is 15.0 Å². The van der Waals surface area contributed by atoms with E-state index in [9.17, 15) is 9.59 Å². The molecule has 28 heavy (non-hydrogen) atoms. The molecule has 0 unspecified atom stereocenters. The Morgan fingerprint density at radius 2 is 1.82 bits per heavy atom. The number of nitrogens with one attached hydrogen (secondary N) is 2. The maximum absolute atomic E-state index is 12.5. The molecule has 1 heterocycles. The van der Waals surface area contributed by atoms with Crippen LogP contribution in [0.3, 0.4) is 0 Å². The second-order valence-corrected chi connectivity index (χ2v) is 7.82. The maximum atomic E-state index is 12.5. The number of quaternary nitrogens is 1. The van der Waals surface area contributed by atoms with Gasteiger partial charge in [0.05, 0.1) is 26.2 Å². The Bertz CT molecular complexity index is 848. The fourth-order valence-corrected chi connectivity index (χ4v) is 3.67. The highest BCUT2D eigenvalue weighted by atomic mass is 35.5. The van der Waals surface area contributed by atoms with Crippen molar-refractivity contribution >= 4 is 34.2 Å². The van der Waals surface area contributed by atoms with Gasteiger partial charge in [0.15, 0.2) is 13.2 Å². The topological polar surface area (TPSA) is 63.1 Å². The van der Waals surface area contributed by atoms with E-state index in [1.165, 1.54) is 4.90 Å². The van der Waals surface area contributed by atoms with Gasteiger partial charge in [-0.1, -0.05) is 35.9 Å². The zero-order valence-electron chi connectivity index (χ0n) is 16.3. The Kier molecular flexibility index (Phi) is 6.75. The van der Waals surface area contributed by atoms with E-state index >= 15 is 0 Å². The Balaban J connectivity index is 1.50. The predicted octanol–water partition coefficient (Wildman–Crippen LogP) is 1.12. The van der Waals surface area contributed by atoms with E-state index in [1.54, 1.807) is 12.1 Å². The number of halogens is 1. The van der Waals surface area contributed by atoms with Gasteiger partial charge in [0.1, 0.15) is 5.75 Å². The van der Waals surface area contributed by atoms with Gasteiger partial charge in [-0.15, -0.1) is 0 Å². The summed E-state index contributed by atoms with van der Waals surface area (Å²) in [5, 5.41) is 5.38. The van der Waals surface area contributed by atoms with Crippen molar-refractivity contribution in [2.45, 2.75) is 19.9 Å². The monoisotopic (exact) mass is 404 g/mol. The third-order valence-corrected chi connectivity index (χ3v) is 5.20. The average Bonchev–Trinajstić information content (AvgIpc) is 2.67. The lowest BCUT2D eigenvalue weighted by Gasteiger charge is -2.32. The van der Waals surface area contributed by atoms with E-state index in [0.29, 0.717) is 30.4 Å². The molecule has 0 radical (unpaired) electrons. The molecule has 1 aliphatic rings.